The SMILES string of the molecule is CCCc1nnn2c1CNC1CNCC12. The Kier molecular flexibility index (Phi) is 2.21. The molecule has 1 aromatic heterocycles. The number of nitrogens with zero attached hydrogens (tertiary/aromatic N) is 3. The van der Waals surface area contributed by atoms with Gasteiger partial charge in [-0.1, -0.05) is 18.6 Å². The summed E-state index contributed by atoms with van der Waals surface area (Å²) >= 11 is 0. The van der Waals surface area contributed by atoms with Crippen LogP contribution in [0.15, 0.2) is 0 Å². The molecule has 1 fully saturated rings. The Morgan fingerprint density at radius 1 is 1.47 bits per heavy atom. The quantitative estimate of drug-likeness (QED) is 0.708. The number of hydrogen-bond acceptors (Lipinski definition) is 4. The molecule has 2 unspecified atom stereocenters. The maximum Gasteiger partial charge on any atom is 0.0872 e. The largest absolute Gasteiger partial charge is 0.313 e. The van der Waals surface area contributed by atoms with Gasteiger partial charge in [0.05, 0.1) is 17.4 Å². The van der Waals surface area contributed by atoms with E-state index in [0.717, 1.165) is 32.5 Å². The molecule has 3 rings (SSSR count). The fourth-order valence-corrected chi connectivity index (χ4v) is 2.58. The monoisotopic (exact) mass is 207 g/mol. The van der Waals surface area contributed by atoms with Gasteiger partial charge in [-0.15, -0.1) is 5.10 Å². The zero-order valence-electron chi connectivity index (χ0n) is 9.03. The minimum Gasteiger partial charge on any atom is -0.313 e. The first-order valence-electron chi connectivity index (χ1n) is 5.77. The van der Waals surface area contributed by atoms with Crippen LogP contribution in [0.25, 0.3) is 0 Å². The highest BCUT2D eigenvalue weighted by atomic mass is 15.5. The van der Waals surface area contributed by atoms with Gasteiger partial charge in [0.15, 0.2) is 0 Å². The van der Waals surface area contributed by atoms with Gasteiger partial charge in [-0.2, -0.15) is 0 Å². The summed E-state index contributed by atoms with van der Waals surface area (Å²) in [5.41, 5.74) is 2.47. The lowest BCUT2D eigenvalue weighted by Gasteiger charge is -2.27. The number of rotatable bonds is 2. The third kappa shape index (κ3) is 1.38. The zero-order valence-corrected chi connectivity index (χ0v) is 9.03. The van der Waals surface area contributed by atoms with Crippen LogP contribution in [0, 0.1) is 0 Å². The van der Waals surface area contributed by atoms with E-state index in [4.69, 9.17) is 0 Å². The second kappa shape index (κ2) is 3.57. The first kappa shape index (κ1) is 9.30. The first-order valence-corrected chi connectivity index (χ1v) is 5.77. The molecule has 2 N–H and O–H groups in total. The van der Waals surface area contributed by atoms with E-state index in [0.29, 0.717) is 12.1 Å². The standard InChI is InChI=1S/C10H17N5/c1-2-3-7-10-6-12-8-4-11-5-9(8)15(10)14-13-7/h8-9,11-12H,2-6H2,1H3. The van der Waals surface area contributed by atoms with Crippen LogP contribution in [-0.2, 0) is 13.0 Å². The van der Waals surface area contributed by atoms with Crippen molar-refractivity contribution in [1.29, 1.82) is 0 Å². The van der Waals surface area contributed by atoms with E-state index >= 15 is 0 Å². The van der Waals surface area contributed by atoms with E-state index < -0.39 is 0 Å². The normalized spacial score (nSPS) is 28.9. The van der Waals surface area contributed by atoms with Crippen molar-refractivity contribution >= 4 is 0 Å². The second-order valence-electron chi connectivity index (χ2n) is 4.39. The highest BCUT2D eigenvalue weighted by Crippen LogP contribution is 2.23. The van der Waals surface area contributed by atoms with Crippen molar-refractivity contribution in [3.63, 3.8) is 0 Å². The lowest BCUT2D eigenvalue weighted by atomic mass is 10.1. The molecule has 1 aromatic rings. The van der Waals surface area contributed by atoms with Crippen molar-refractivity contribution in [2.75, 3.05) is 13.1 Å². The summed E-state index contributed by atoms with van der Waals surface area (Å²) in [4.78, 5) is 0. The zero-order chi connectivity index (χ0) is 10.3. The van der Waals surface area contributed by atoms with Gasteiger partial charge in [-0.25, -0.2) is 4.68 Å². The van der Waals surface area contributed by atoms with Gasteiger partial charge >= 0.3 is 0 Å². The Balaban J connectivity index is 1.94. The van der Waals surface area contributed by atoms with Crippen molar-refractivity contribution in [3.05, 3.63) is 11.4 Å². The van der Waals surface area contributed by atoms with Gasteiger partial charge in [0.2, 0.25) is 0 Å². The third-order valence-electron chi connectivity index (χ3n) is 3.39. The van der Waals surface area contributed by atoms with Crippen LogP contribution in [0.1, 0.15) is 30.8 Å². The topological polar surface area (TPSA) is 54.8 Å². The summed E-state index contributed by atoms with van der Waals surface area (Å²) in [6.07, 6.45) is 2.18. The molecule has 5 heteroatoms. The molecule has 5 nitrogen and oxygen atoms in total. The van der Waals surface area contributed by atoms with Gasteiger partial charge in [-0.05, 0) is 6.42 Å². The van der Waals surface area contributed by atoms with Crippen LogP contribution in [0.2, 0.25) is 0 Å². The molecular weight excluding hydrogens is 190 g/mol. The van der Waals surface area contributed by atoms with Gasteiger partial charge < -0.3 is 10.6 Å². The van der Waals surface area contributed by atoms with E-state index in [9.17, 15) is 0 Å². The van der Waals surface area contributed by atoms with Crippen LogP contribution >= 0.6 is 0 Å². The van der Waals surface area contributed by atoms with Crippen molar-refractivity contribution < 1.29 is 0 Å². The molecule has 82 valence electrons. The van der Waals surface area contributed by atoms with Gasteiger partial charge in [0.1, 0.15) is 0 Å². The lowest BCUT2D eigenvalue weighted by molar-refractivity contribution is 0.328. The second-order valence-corrected chi connectivity index (χ2v) is 4.39. The molecule has 2 aliphatic heterocycles. The Morgan fingerprint density at radius 2 is 2.40 bits per heavy atom. The highest BCUT2D eigenvalue weighted by Gasteiger charge is 2.35. The van der Waals surface area contributed by atoms with E-state index in [1.165, 1.54) is 11.4 Å². The smallest absolute Gasteiger partial charge is 0.0872 e. The van der Waals surface area contributed by atoms with Gasteiger partial charge in [0.25, 0.3) is 0 Å². The molecule has 0 bridgehead atoms. The van der Waals surface area contributed by atoms with Crippen molar-refractivity contribution in [3.8, 4) is 0 Å². The van der Waals surface area contributed by atoms with Crippen LogP contribution in [-0.4, -0.2) is 34.1 Å². The minimum absolute atomic E-state index is 0.465. The Labute approximate surface area is 89.2 Å². The number of hydrogen-bond donors (Lipinski definition) is 2. The molecule has 0 aromatic carbocycles. The summed E-state index contributed by atoms with van der Waals surface area (Å²) in [5, 5.41) is 15.6. The minimum atomic E-state index is 0.465. The molecule has 15 heavy (non-hydrogen) atoms. The fourth-order valence-electron chi connectivity index (χ4n) is 2.58. The molecule has 0 saturated carbocycles. The highest BCUT2D eigenvalue weighted by molar-refractivity contribution is 5.15. The van der Waals surface area contributed by atoms with Crippen LogP contribution in [0.4, 0.5) is 0 Å². The first-order chi connectivity index (χ1) is 7.40. The van der Waals surface area contributed by atoms with Crippen LogP contribution < -0.4 is 10.6 Å². The predicted octanol–water partition coefficient (Wildman–Crippen LogP) is -0.153. The molecule has 0 amide bonds. The average molecular weight is 207 g/mol. The summed E-state index contributed by atoms with van der Waals surface area (Å²) in [6, 6.07) is 1.00. The van der Waals surface area contributed by atoms with Gasteiger partial charge in [0, 0.05) is 25.7 Å². The summed E-state index contributed by atoms with van der Waals surface area (Å²) < 4.78 is 2.13. The summed E-state index contributed by atoms with van der Waals surface area (Å²) in [5.74, 6) is 0. The number of fused-ring (bicyclic) bond motifs is 3. The molecule has 2 atom stereocenters. The van der Waals surface area contributed by atoms with Crippen molar-refractivity contribution in [2.24, 2.45) is 0 Å². The van der Waals surface area contributed by atoms with Gasteiger partial charge in [-0.3, -0.25) is 0 Å². The number of aromatic nitrogens is 3. The molecule has 0 spiro atoms. The van der Waals surface area contributed by atoms with Crippen molar-refractivity contribution in [2.45, 2.75) is 38.4 Å². The summed E-state index contributed by atoms with van der Waals surface area (Å²) in [7, 11) is 0. The maximum absolute atomic E-state index is 4.30. The Hall–Kier alpha value is -0.940. The fraction of sp³-hybridized carbons (Fsp3) is 0.800. The third-order valence-corrected chi connectivity index (χ3v) is 3.39. The van der Waals surface area contributed by atoms with E-state index in [1.807, 2.05) is 0 Å². The van der Waals surface area contributed by atoms with Crippen LogP contribution in [0.5, 0.6) is 0 Å². The molecule has 2 aliphatic rings. The van der Waals surface area contributed by atoms with E-state index in [1.54, 1.807) is 0 Å². The molecule has 0 radical (unpaired) electrons. The molecule has 1 saturated heterocycles. The van der Waals surface area contributed by atoms with E-state index in [-0.39, 0.29) is 0 Å². The van der Waals surface area contributed by atoms with Crippen molar-refractivity contribution in [1.82, 2.24) is 25.6 Å². The summed E-state index contributed by atoms with van der Waals surface area (Å²) in [6.45, 7) is 5.17. The Morgan fingerprint density at radius 3 is 3.27 bits per heavy atom. The van der Waals surface area contributed by atoms with E-state index in [2.05, 4.69) is 32.6 Å². The predicted molar refractivity (Wildman–Crippen MR) is 56.6 cm³/mol. The molecular formula is C10H17N5. The Bertz CT molecular complexity index is 359. The number of aryl methyl sites for hydroxylation is 1. The van der Waals surface area contributed by atoms with Crippen LogP contribution in [0.3, 0.4) is 0 Å². The molecule has 3 heterocycles. The average Bonchev–Trinajstić information content (AvgIpc) is 2.83. The number of nitrogens with one attached hydrogen (secondary N) is 2. The maximum atomic E-state index is 4.30. The molecule has 0 aliphatic carbocycles. The lowest BCUT2D eigenvalue weighted by Crippen LogP contribution is -2.42.